The molecular weight excluding hydrogens is 254 g/mol. The minimum absolute atomic E-state index is 0.132. The Labute approximate surface area is 114 Å². The van der Waals surface area contributed by atoms with E-state index < -0.39 is 5.60 Å². The van der Waals surface area contributed by atoms with Crippen LogP contribution in [0.2, 0.25) is 0 Å². The summed E-state index contributed by atoms with van der Waals surface area (Å²) in [5.41, 5.74) is -0.520. The van der Waals surface area contributed by atoms with Gasteiger partial charge in [0.25, 0.3) is 0 Å². The highest BCUT2D eigenvalue weighted by atomic mass is 35.5. The Hall–Kier alpha value is -1.21. The van der Waals surface area contributed by atoms with Gasteiger partial charge in [-0.05, 0) is 20.8 Å². The van der Waals surface area contributed by atoms with E-state index in [0.717, 1.165) is 0 Å². The van der Waals surface area contributed by atoms with E-state index in [2.05, 4.69) is 5.92 Å². The van der Waals surface area contributed by atoms with Gasteiger partial charge in [-0.3, -0.25) is 9.59 Å². The third-order valence-corrected chi connectivity index (χ3v) is 2.14. The molecular formula is C13H20ClNO3. The van der Waals surface area contributed by atoms with Crippen LogP contribution in [-0.2, 0) is 14.3 Å². The smallest absolute Gasteiger partial charge is 0.308 e. The highest BCUT2D eigenvalue weighted by Gasteiger charge is 2.18. The van der Waals surface area contributed by atoms with Gasteiger partial charge in [-0.25, -0.2) is 0 Å². The molecule has 0 heterocycles. The molecule has 102 valence electrons. The van der Waals surface area contributed by atoms with Gasteiger partial charge < -0.3 is 9.64 Å². The van der Waals surface area contributed by atoms with Crippen molar-refractivity contribution in [1.29, 1.82) is 0 Å². The summed E-state index contributed by atoms with van der Waals surface area (Å²) in [7, 11) is 0. The van der Waals surface area contributed by atoms with Crippen LogP contribution in [0.4, 0.5) is 0 Å². The Morgan fingerprint density at radius 2 is 1.94 bits per heavy atom. The molecule has 5 heteroatoms. The zero-order valence-corrected chi connectivity index (χ0v) is 11.9. The molecule has 0 aromatic carbocycles. The van der Waals surface area contributed by atoms with E-state index in [1.165, 1.54) is 4.90 Å². The predicted octanol–water partition coefficient (Wildman–Crippen LogP) is 1.81. The van der Waals surface area contributed by atoms with E-state index in [0.29, 0.717) is 0 Å². The monoisotopic (exact) mass is 273 g/mol. The molecule has 0 saturated carbocycles. The van der Waals surface area contributed by atoms with Gasteiger partial charge in [0.15, 0.2) is 0 Å². The first-order chi connectivity index (χ1) is 8.30. The molecule has 18 heavy (non-hydrogen) atoms. The van der Waals surface area contributed by atoms with Crippen LogP contribution in [-0.4, -0.2) is 41.3 Å². The molecule has 0 bridgehead atoms. The fourth-order valence-corrected chi connectivity index (χ4v) is 1.42. The lowest BCUT2D eigenvalue weighted by Gasteiger charge is -2.22. The number of rotatable bonds is 6. The average Bonchev–Trinajstić information content (AvgIpc) is 2.21. The molecule has 4 nitrogen and oxygen atoms in total. The van der Waals surface area contributed by atoms with Crippen molar-refractivity contribution in [2.45, 2.75) is 39.2 Å². The standard InChI is InChI=1S/C13H20ClNO3/c1-5-9-15(11(16)6-8-14)10-7-12(17)18-13(2,3)4/h1H,6-10H2,2-4H3. The minimum atomic E-state index is -0.520. The number of hydrogen-bond acceptors (Lipinski definition) is 3. The first kappa shape index (κ1) is 16.8. The van der Waals surface area contributed by atoms with Crippen molar-refractivity contribution in [3.05, 3.63) is 0 Å². The van der Waals surface area contributed by atoms with Crippen molar-refractivity contribution in [1.82, 2.24) is 4.90 Å². The van der Waals surface area contributed by atoms with Gasteiger partial charge >= 0.3 is 5.97 Å². The van der Waals surface area contributed by atoms with Gasteiger partial charge in [0.2, 0.25) is 5.91 Å². The molecule has 0 aliphatic carbocycles. The van der Waals surface area contributed by atoms with Gasteiger partial charge in [-0.15, -0.1) is 18.0 Å². The van der Waals surface area contributed by atoms with Gasteiger partial charge in [0.1, 0.15) is 5.60 Å². The van der Waals surface area contributed by atoms with Crippen LogP contribution in [0.5, 0.6) is 0 Å². The molecule has 0 unspecified atom stereocenters. The summed E-state index contributed by atoms with van der Waals surface area (Å²) in [6.07, 6.45) is 5.53. The third-order valence-electron chi connectivity index (χ3n) is 1.95. The summed E-state index contributed by atoms with van der Waals surface area (Å²) in [5, 5.41) is 0. The number of hydrogen-bond donors (Lipinski definition) is 0. The lowest BCUT2D eigenvalue weighted by molar-refractivity contribution is -0.155. The van der Waals surface area contributed by atoms with Gasteiger partial charge in [-0.2, -0.15) is 0 Å². The van der Waals surface area contributed by atoms with E-state index >= 15 is 0 Å². The van der Waals surface area contributed by atoms with Crippen molar-refractivity contribution in [2.75, 3.05) is 19.0 Å². The first-order valence-electron chi connectivity index (χ1n) is 5.79. The number of esters is 1. The number of alkyl halides is 1. The van der Waals surface area contributed by atoms with Crippen molar-refractivity contribution < 1.29 is 14.3 Å². The quantitative estimate of drug-likeness (QED) is 0.421. The lowest BCUT2D eigenvalue weighted by Crippen LogP contribution is -2.34. The van der Waals surface area contributed by atoms with E-state index in [9.17, 15) is 9.59 Å². The normalized spacial score (nSPS) is 10.6. The minimum Gasteiger partial charge on any atom is -0.460 e. The summed E-state index contributed by atoms with van der Waals surface area (Å²) in [6, 6.07) is 0. The first-order valence-corrected chi connectivity index (χ1v) is 6.32. The molecule has 0 fully saturated rings. The molecule has 0 aromatic rings. The van der Waals surface area contributed by atoms with E-state index in [1.54, 1.807) is 20.8 Å². The number of terminal acetylenes is 1. The molecule has 0 atom stereocenters. The molecule has 0 rings (SSSR count). The highest BCUT2D eigenvalue weighted by molar-refractivity contribution is 6.18. The molecule has 0 aliphatic heterocycles. The van der Waals surface area contributed by atoms with Crippen LogP contribution in [0.25, 0.3) is 0 Å². The Balaban J connectivity index is 4.24. The number of halogens is 1. The van der Waals surface area contributed by atoms with Gasteiger partial charge in [-0.1, -0.05) is 5.92 Å². The van der Waals surface area contributed by atoms with Crippen molar-refractivity contribution in [2.24, 2.45) is 0 Å². The zero-order chi connectivity index (χ0) is 14.2. The van der Waals surface area contributed by atoms with Crippen molar-refractivity contribution >= 4 is 23.5 Å². The van der Waals surface area contributed by atoms with Gasteiger partial charge in [0, 0.05) is 18.8 Å². The second-order valence-corrected chi connectivity index (χ2v) is 5.17. The molecule has 0 saturated heterocycles. The second-order valence-electron chi connectivity index (χ2n) is 4.79. The molecule has 0 aromatic heterocycles. The summed E-state index contributed by atoms with van der Waals surface area (Å²) in [4.78, 5) is 24.6. The van der Waals surface area contributed by atoms with Crippen molar-refractivity contribution in [3.63, 3.8) is 0 Å². The maximum absolute atomic E-state index is 11.6. The summed E-state index contributed by atoms with van der Waals surface area (Å²) in [6.45, 7) is 5.82. The number of carbonyl (C=O) groups is 2. The third kappa shape index (κ3) is 7.97. The Bertz CT molecular complexity index is 328. The maximum atomic E-state index is 11.6. The topological polar surface area (TPSA) is 46.6 Å². The number of ether oxygens (including phenoxy) is 1. The fraction of sp³-hybridized carbons (Fsp3) is 0.692. The van der Waals surface area contributed by atoms with E-state index in [-0.39, 0.29) is 43.7 Å². The lowest BCUT2D eigenvalue weighted by atomic mass is 10.2. The fourth-order valence-electron chi connectivity index (χ4n) is 1.26. The van der Waals surface area contributed by atoms with Crippen LogP contribution < -0.4 is 0 Å². The molecule has 0 N–H and O–H groups in total. The molecule has 1 amide bonds. The summed E-state index contributed by atoms with van der Waals surface area (Å²) in [5.74, 6) is 2.14. The van der Waals surface area contributed by atoms with E-state index in [1.807, 2.05) is 0 Å². The number of carbonyl (C=O) groups excluding carboxylic acids is 2. The maximum Gasteiger partial charge on any atom is 0.308 e. The Morgan fingerprint density at radius 3 is 2.39 bits per heavy atom. The summed E-state index contributed by atoms with van der Waals surface area (Å²) < 4.78 is 5.15. The van der Waals surface area contributed by atoms with E-state index in [4.69, 9.17) is 22.8 Å². The van der Waals surface area contributed by atoms with Crippen LogP contribution >= 0.6 is 11.6 Å². The highest BCUT2D eigenvalue weighted by Crippen LogP contribution is 2.08. The number of amides is 1. The Kier molecular flexibility index (Phi) is 7.45. The Morgan fingerprint density at radius 1 is 1.33 bits per heavy atom. The van der Waals surface area contributed by atoms with Crippen LogP contribution in [0.1, 0.15) is 33.6 Å². The van der Waals surface area contributed by atoms with Crippen LogP contribution in [0.15, 0.2) is 0 Å². The average molecular weight is 274 g/mol. The largest absolute Gasteiger partial charge is 0.460 e. The zero-order valence-electron chi connectivity index (χ0n) is 11.2. The summed E-state index contributed by atoms with van der Waals surface area (Å²) >= 11 is 5.50. The second kappa shape index (κ2) is 7.99. The van der Waals surface area contributed by atoms with Crippen molar-refractivity contribution in [3.8, 4) is 12.3 Å². The molecule has 0 aliphatic rings. The van der Waals surface area contributed by atoms with Crippen LogP contribution in [0, 0.1) is 12.3 Å². The predicted molar refractivity (Wildman–Crippen MR) is 71.2 cm³/mol. The molecule has 0 radical (unpaired) electrons. The number of nitrogens with zero attached hydrogens (tertiary/aromatic N) is 1. The SMILES string of the molecule is C#CCN(CCC(=O)OC(C)(C)C)C(=O)CCCl. The van der Waals surface area contributed by atoms with Crippen LogP contribution in [0.3, 0.4) is 0 Å². The molecule has 0 spiro atoms. The van der Waals surface area contributed by atoms with Gasteiger partial charge in [0.05, 0.1) is 13.0 Å².